The predicted molar refractivity (Wildman–Crippen MR) is 386 cm³/mol. The smallest absolute Gasteiger partial charge is 0.420 e. The minimum atomic E-state index is -1.74. The van der Waals surface area contributed by atoms with Crippen LogP contribution in [0.15, 0.2) is 0 Å². The molecule has 6 saturated heterocycles. The number of nitrogens with zero attached hydrogens (tertiary/aromatic N) is 4. The molecule has 1 N–H and O–H groups in total. The van der Waals surface area contributed by atoms with Crippen LogP contribution in [0.25, 0.3) is 0 Å². The lowest BCUT2D eigenvalue weighted by Crippen LogP contribution is -2.63. The largest absolute Gasteiger partial charge is 0.458 e. The van der Waals surface area contributed by atoms with Crippen LogP contribution < -0.4 is 5.32 Å². The van der Waals surface area contributed by atoms with Crippen LogP contribution >= 0.6 is 0 Å². The molecule has 8 unspecified atom stereocenters. The van der Waals surface area contributed by atoms with Gasteiger partial charge in [0, 0.05) is 54.3 Å². The molecule has 0 aliphatic carbocycles. The van der Waals surface area contributed by atoms with E-state index in [4.69, 9.17) is 56.8 Å². The maximum absolute atomic E-state index is 14.6. The van der Waals surface area contributed by atoms with Crippen molar-refractivity contribution in [2.45, 2.75) is 324 Å². The van der Waals surface area contributed by atoms with Gasteiger partial charge in [-0.1, -0.05) is 55.4 Å². The summed E-state index contributed by atoms with van der Waals surface area (Å²) >= 11 is 0. The van der Waals surface area contributed by atoms with Crippen molar-refractivity contribution in [1.29, 1.82) is 0 Å². The monoisotopic (exact) mass is 1480 g/mol. The Kier molecular flexibility index (Phi) is 31.2. The van der Waals surface area contributed by atoms with Gasteiger partial charge in [0.05, 0.1) is 48.1 Å². The van der Waals surface area contributed by atoms with Crippen molar-refractivity contribution in [1.82, 2.24) is 24.9 Å². The first-order valence-corrected chi connectivity index (χ1v) is 37.8. The zero-order valence-electron chi connectivity index (χ0n) is 67.9. The highest BCUT2D eigenvalue weighted by atomic mass is 16.7. The van der Waals surface area contributed by atoms with Crippen LogP contribution in [0.4, 0.5) is 14.4 Å². The first-order valence-electron chi connectivity index (χ1n) is 37.8. The molecular formula is C77H131N5O22. The second kappa shape index (κ2) is 36.3. The number of esters is 3. The topological polar surface area (TPSA) is 306 Å². The summed E-state index contributed by atoms with van der Waals surface area (Å²) in [5, 5.41) is 3.59. The van der Waals surface area contributed by atoms with Crippen LogP contribution in [0, 0.1) is 53.3 Å². The standard InChI is InChI=1S/C43H73N3O13.C34H58N2O9/c1-18-31-43(15)33(46(39(52)59-43)38(51)58-41(11,12)13)29(7)45(37(50)57-40(8,9)10)23-24(2)22-42(14,53-20-19-47)34(27(5)32(48)28(6)35(49)55-31)56-36-26(4)30(44(16)17)21-25(3)54-36;1-12-27-34(9)25(16-28(38)45-34)24(7)35-18-19(2)17-33(8,41-14-13-37)30(22(5)29(39)23(6)31(40)43-27)44-32-21(4)26(36(10)11)15-20(3)42-32/h19,24-31,33-34,36H,18,20-23H2,1-17H3;13,19-27,30,32,35H,12,14-18H2,1-11H3/t24-,25?,26?,27+,28-,29-,30?,31-,33-,34-,36?,42-,43-;19-,20?,21?,22+,23-,24-,25-,26?,27-,30-,32?,33-,34+/m11/s1. The molecule has 26 atom stereocenters. The van der Waals surface area contributed by atoms with Gasteiger partial charge in [-0.3, -0.25) is 24.0 Å². The van der Waals surface area contributed by atoms with Crippen molar-refractivity contribution in [3.63, 3.8) is 0 Å². The maximum atomic E-state index is 14.6. The lowest BCUT2D eigenvalue weighted by Gasteiger charge is -2.48. The minimum Gasteiger partial charge on any atom is -0.458 e. The molecule has 104 heavy (non-hydrogen) atoms. The Balaban J connectivity index is 0.000000387. The molecule has 0 spiro atoms. The van der Waals surface area contributed by atoms with E-state index < -0.39 is 148 Å². The number of rotatable bonds is 14. The van der Waals surface area contributed by atoms with E-state index in [1.807, 2.05) is 83.6 Å². The number of amides is 3. The van der Waals surface area contributed by atoms with E-state index in [0.29, 0.717) is 32.0 Å². The molecule has 27 heteroatoms. The van der Waals surface area contributed by atoms with Gasteiger partial charge in [-0.05, 0) is 196 Å². The molecular weight excluding hydrogens is 1350 g/mol. The van der Waals surface area contributed by atoms with Gasteiger partial charge in [-0.2, -0.15) is 0 Å². The average Bonchev–Trinajstić information content (AvgIpc) is 1.56. The Morgan fingerprint density at radius 2 is 1.01 bits per heavy atom. The van der Waals surface area contributed by atoms with Gasteiger partial charge in [-0.25, -0.2) is 19.3 Å². The zero-order valence-corrected chi connectivity index (χ0v) is 67.9. The fourth-order valence-corrected chi connectivity index (χ4v) is 16.9. The molecule has 0 aromatic rings. The highest BCUT2D eigenvalue weighted by Gasteiger charge is 2.64. The van der Waals surface area contributed by atoms with Crippen LogP contribution in [0.5, 0.6) is 0 Å². The van der Waals surface area contributed by atoms with Gasteiger partial charge in [0.15, 0.2) is 35.3 Å². The predicted octanol–water partition coefficient (Wildman–Crippen LogP) is 9.94. The van der Waals surface area contributed by atoms with Gasteiger partial charge < -0.3 is 86.4 Å². The maximum Gasteiger partial charge on any atom is 0.420 e. The Morgan fingerprint density at radius 1 is 0.596 bits per heavy atom. The number of imide groups is 1. The van der Waals surface area contributed by atoms with E-state index >= 15 is 0 Å². The zero-order chi connectivity index (χ0) is 79.0. The summed E-state index contributed by atoms with van der Waals surface area (Å²) in [6.45, 7) is 42.8. The molecule has 6 aliphatic rings. The second-order valence-electron chi connectivity index (χ2n) is 34.1. The van der Waals surface area contributed by atoms with Crippen molar-refractivity contribution >= 4 is 60.3 Å². The molecule has 6 rings (SSSR count). The van der Waals surface area contributed by atoms with Crippen molar-refractivity contribution in [2.75, 3.05) is 54.5 Å². The highest BCUT2D eigenvalue weighted by Crippen LogP contribution is 2.46. The lowest BCUT2D eigenvalue weighted by molar-refractivity contribution is -0.282. The van der Waals surface area contributed by atoms with Gasteiger partial charge in [0.25, 0.3) is 0 Å². The molecule has 0 saturated carbocycles. The summed E-state index contributed by atoms with van der Waals surface area (Å²) in [6, 6.07) is -2.18. The first kappa shape index (κ1) is 89.4. The normalized spacial score (nSPS) is 39.9. The van der Waals surface area contributed by atoms with E-state index in [0.717, 1.165) is 17.7 Å². The highest BCUT2D eigenvalue weighted by molar-refractivity contribution is 6.01. The number of ketones is 2. The fraction of sp³-hybridized carbons (Fsp3) is 0.870. The van der Waals surface area contributed by atoms with Gasteiger partial charge in [0.2, 0.25) is 0 Å². The number of Topliss-reactive ketones (excluding diaryl/α,β-unsaturated/α-hetero) is 2. The summed E-state index contributed by atoms with van der Waals surface area (Å²) in [6.07, 6.45) is -4.14. The van der Waals surface area contributed by atoms with Gasteiger partial charge >= 0.3 is 36.2 Å². The van der Waals surface area contributed by atoms with Crippen molar-refractivity contribution < 1.29 is 105 Å². The summed E-state index contributed by atoms with van der Waals surface area (Å²) in [4.78, 5) is 141. The summed E-state index contributed by atoms with van der Waals surface area (Å²) < 4.78 is 74.8. The van der Waals surface area contributed by atoms with Crippen LogP contribution in [-0.2, 0) is 90.4 Å². The Hall–Kier alpha value is -5.26. The number of carbonyl (C=O) groups is 10. The Morgan fingerprint density at radius 3 is 1.41 bits per heavy atom. The quantitative estimate of drug-likeness (QED) is 0.0731. The van der Waals surface area contributed by atoms with Gasteiger partial charge in [-0.15, -0.1) is 0 Å². The molecule has 6 aliphatic heterocycles. The van der Waals surface area contributed by atoms with E-state index in [-0.39, 0.29) is 105 Å². The number of hydrogen-bond donors (Lipinski definition) is 1. The number of nitrogens with one attached hydrogen (secondary N) is 1. The minimum absolute atomic E-state index is 0.0160. The molecule has 0 aromatic heterocycles. The number of fused-ring (bicyclic) bond motifs is 2. The number of ether oxygens (including phenoxy) is 12. The molecule has 596 valence electrons. The molecule has 3 amide bonds. The molecule has 0 radical (unpaired) electrons. The number of carbonyl (C=O) groups excluding carboxylic acids is 10. The lowest BCUT2D eigenvalue weighted by atomic mass is 9.78. The Labute approximate surface area is 619 Å². The SMILES string of the molecule is CC[C@H]1OC(=O)[C@H](C)C(=O)[C@H](C)[C@@H](OC2OC(C)CC(N(C)C)C2C)[C@](C)(OCC=O)C[C@@H](C)CN(C(=O)OC(C)(C)C)[C@H](C)[C@H]2N(C(=O)OC(C)(C)C)C(=O)O[C@]12C.CC[C@H]1OC(=O)[C@H](C)C(=O)[C@H](C)[C@@H](OC2OC(C)CC(N(C)C)C2C)[C@](C)(OCC=O)C[C@@H](C)CN[C@H](C)[C@H]2CC(=O)O[C@@]21C. The molecule has 27 nitrogen and oxygen atoms in total. The summed E-state index contributed by atoms with van der Waals surface area (Å²) in [5.41, 5.74) is -7.22. The fourth-order valence-electron chi connectivity index (χ4n) is 16.9. The average molecular weight is 1480 g/mol. The second-order valence-corrected chi connectivity index (χ2v) is 34.1. The number of cyclic esters (lactones) is 2. The van der Waals surface area contributed by atoms with Crippen LogP contribution in [0.1, 0.15) is 211 Å². The van der Waals surface area contributed by atoms with Crippen molar-refractivity contribution in [3.8, 4) is 0 Å². The third kappa shape index (κ3) is 21.4. The molecule has 6 fully saturated rings. The third-order valence-corrected chi connectivity index (χ3v) is 22.3. The van der Waals surface area contributed by atoms with E-state index in [2.05, 4.69) is 29.0 Å². The number of hydrogen-bond acceptors (Lipinski definition) is 25. The van der Waals surface area contributed by atoms with Crippen LogP contribution in [0.3, 0.4) is 0 Å². The van der Waals surface area contributed by atoms with Crippen LogP contribution in [0.2, 0.25) is 0 Å². The molecule has 6 heterocycles. The van der Waals surface area contributed by atoms with Crippen molar-refractivity contribution in [3.05, 3.63) is 0 Å². The molecule has 0 bridgehead atoms. The Bertz CT molecular complexity index is 2960. The van der Waals surface area contributed by atoms with E-state index in [1.165, 1.54) is 11.8 Å². The summed E-state index contributed by atoms with van der Waals surface area (Å²) in [5.74, 6) is -7.93. The number of aldehydes is 2. The van der Waals surface area contributed by atoms with Crippen LogP contribution in [-0.4, -0.2) is 247 Å². The summed E-state index contributed by atoms with van der Waals surface area (Å²) in [7, 11) is 8.04. The third-order valence-electron chi connectivity index (χ3n) is 22.3. The molecule has 0 aromatic carbocycles. The van der Waals surface area contributed by atoms with Gasteiger partial charge in [0.1, 0.15) is 67.1 Å². The van der Waals surface area contributed by atoms with E-state index in [1.54, 1.807) is 90.0 Å². The first-order chi connectivity index (χ1) is 48.0. The van der Waals surface area contributed by atoms with Crippen molar-refractivity contribution in [2.24, 2.45) is 53.3 Å². The van der Waals surface area contributed by atoms with E-state index in [9.17, 15) is 47.9 Å².